The lowest BCUT2D eigenvalue weighted by molar-refractivity contribution is -0.144. The Morgan fingerprint density at radius 3 is 3.00 bits per heavy atom. The average Bonchev–Trinajstić information content (AvgIpc) is 3.11. The third-order valence-corrected chi connectivity index (χ3v) is 4.32. The molecule has 1 aliphatic heterocycles. The molecule has 1 aliphatic rings. The van der Waals surface area contributed by atoms with Gasteiger partial charge in [0.1, 0.15) is 11.8 Å². The topological polar surface area (TPSA) is 68.7 Å². The number of aromatic nitrogens is 1. The molecule has 0 saturated heterocycles. The number of hydrogen-bond acceptors (Lipinski definition) is 6. The molecule has 120 valence electrons. The third-order valence-electron chi connectivity index (χ3n) is 3.74. The summed E-state index contributed by atoms with van der Waals surface area (Å²) in [5, 5.41) is 1.93. The van der Waals surface area contributed by atoms with Crippen molar-refractivity contribution in [3.8, 4) is 17.0 Å². The van der Waals surface area contributed by atoms with E-state index >= 15 is 0 Å². The van der Waals surface area contributed by atoms with E-state index in [1.54, 1.807) is 11.6 Å². The van der Waals surface area contributed by atoms with E-state index in [-0.39, 0.29) is 12.5 Å². The van der Waals surface area contributed by atoms with Crippen LogP contribution in [0, 0.1) is 0 Å². The van der Waals surface area contributed by atoms with Gasteiger partial charge in [-0.2, -0.15) is 0 Å². The third kappa shape index (κ3) is 2.79. The summed E-state index contributed by atoms with van der Waals surface area (Å²) in [5.41, 5.74) is 4.01. The highest BCUT2D eigenvalue weighted by molar-refractivity contribution is 7.07. The van der Waals surface area contributed by atoms with Gasteiger partial charge in [0.15, 0.2) is 6.61 Å². The zero-order valence-corrected chi connectivity index (χ0v) is 13.6. The smallest absolute Gasteiger partial charge is 0.328 e. The van der Waals surface area contributed by atoms with Crippen LogP contribution in [0.2, 0.25) is 0 Å². The molecule has 1 aromatic heterocycles. The van der Waals surface area contributed by atoms with Gasteiger partial charge >= 0.3 is 5.97 Å². The first-order chi connectivity index (χ1) is 11.2. The number of rotatable bonds is 4. The van der Waals surface area contributed by atoms with Gasteiger partial charge in [0.2, 0.25) is 0 Å². The molecule has 0 saturated carbocycles. The van der Waals surface area contributed by atoms with E-state index in [0.29, 0.717) is 17.9 Å². The summed E-state index contributed by atoms with van der Waals surface area (Å²) < 4.78 is 10.3. The molecule has 0 spiro atoms. The van der Waals surface area contributed by atoms with Crippen molar-refractivity contribution in [3.63, 3.8) is 0 Å². The van der Waals surface area contributed by atoms with Crippen molar-refractivity contribution in [3.05, 3.63) is 29.1 Å². The normalized spacial score (nSPS) is 14.9. The minimum Gasteiger partial charge on any atom is -0.482 e. The van der Waals surface area contributed by atoms with Gasteiger partial charge < -0.3 is 9.47 Å². The first-order valence-corrected chi connectivity index (χ1v) is 8.15. The molecule has 1 atom stereocenters. The summed E-state index contributed by atoms with van der Waals surface area (Å²) in [6.45, 7) is 1.75. The predicted molar refractivity (Wildman–Crippen MR) is 86.6 cm³/mol. The van der Waals surface area contributed by atoms with Gasteiger partial charge in [0.05, 0.1) is 24.0 Å². The van der Waals surface area contributed by atoms with E-state index in [9.17, 15) is 9.59 Å². The van der Waals surface area contributed by atoms with Crippen molar-refractivity contribution in [1.82, 2.24) is 4.98 Å². The lowest BCUT2D eigenvalue weighted by Gasteiger charge is -2.34. The molecule has 0 aliphatic carbocycles. The molecule has 0 N–H and O–H groups in total. The second-order valence-electron chi connectivity index (χ2n) is 5.06. The Morgan fingerprint density at radius 1 is 1.52 bits per heavy atom. The number of thiazole rings is 1. The Bertz CT molecular complexity index is 730. The largest absolute Gasteiger partial charge is 0.482 e. The number of ether oxygens (including phenoxy) is 2. The molecule has 2 heterocycles. The Labute approximate surface area is 137 Å². The van der Waals surface area contributed by atoms with Crippen LogP contribution < -0.4 is 9.64 Å². The molecule has 0 radical (unpaired) electrons. The zero-order valence-electron chi connectivity index (χ0n) is 12.8. The first-order valence-electron chi connectivity index (χ1n) is 7.21. The second-order valence-corrected chi connectivity index (χ2v) is 5.77. The van der Waals surface area contributed by atoms with Crippen LogP contribution in [0.1, 0.15) is 13.3 Å². The van der Waals surface area contributed by atoms with Crippen LogP contribution >= 0.6 is 11.3 Å². The Hall–Kier alpha value is -2.41. The van der Waals surface area contributed by atoms with E-state index in [2.05, 4.69) is 4.98 Å². The molecule has 0 bridgehead atoms. The number of methoxy groups -OCH3 is 1. The predicted octanol–water partition coefficient (Wildman–Crippen LogP) is 2.49. The summed E-state index contributed by atoms with van der Waals surface area (Å²) in [6.07, 6.45) is 0.457. The van der Waals surface area contributed by atoms with Gasteiger partial charge in [-0.25, -0.2) is 9.78 Å². The quantitative estimate of drug-likeness (QED) is 0.805. The van der Waals surface area contributed by atoms with Crippen LogP contribution in [0.15, 0.2) is 29.1 Å². The number of carbonyl (C=O) groups excluding carboxylic acids is 2. The van der Waals surface area contributed by atoms with Crippen molar-refractivity contribution in [2.45, 2.75) is 19.4 Å². The SMILES string of the molecule is CCC(C(=O)OC)N1C(=O)COc2ccc(-c3cscn3)cc21. The maximum atomic E-state index is 12.4. The fraction of sp³-hybridized carbons (Fsp3) is 0.312. The van der Waals surface area contributed by atoms with E-state index in [4.69, 9.17) is 9.47 Å². The Kier molecular flexibility index (Phi) is 4.29. The van der Waals surface area contributed by atoms with Gasteiger partial charge in [0.25, 0.3) is 5.91 Å². The monoisotopic (exact) mass is 332 g/mol. The fourth-order valence-electron chi connectivity index (χ4n) is 2.62. The number of carbonyl (C=O) groups is 2. The average molecular weight is 332 g/mol. The molecule has 1 unspecified atom stereocenters. The molecule has 23 heavy (non-hydrogen) atoms. The number of anilines is 1. The van der Waals surface area contributed by atoms with Gasteiger partial charge in [-0.1, -0.05) is 6.92 Å². The van der Waals surface area contributed by atoms with Crippen LogP contribution in [-0.4, -0.2) is 36.6 Å². The van der Waals surface area contributed by atoms with Crippen molar-refractivity contribution >= 4 is 28.9 Å². The van der Waals surface area contributed by atoms with Crippen LogP contribution in [-0.2, 0) is 14.3 Å². The molecule has 1 amide bonds. The number of amides is 1. The summed E-state index contributed by atoms with van der Waals surface area (Å²) >= 11 is 1.50. The molecule has 7 heteroatoms. The molecule has 0 fully saturated rings. The van der Waals surface area contributed by atoms with Gasteiger partial charge in [-0.15, -0.1) is 11.3 Å². The van der Waals surface area contributed by atoms with Crippen LogP contribution in [0.25, 0.3) is 11.3 Å². The second kappa shape index (κ2) is 6.37. The highest BCUT2D eigenvalue weighted by Gasteiger charge is 2.35. The first kappa shape index (κ1) is 15.5. The molecule has 6 nitrogen and oxygen atoms in total. The van der Waals surface area contributed by atoms with Crippen molar-refractivity contribution in [1.29, 1.82) is 0 Å². The fourth-order valence-corrected chi connectivity index (χ4v) is 3.18. The van der Waals surface area contributed by atoms with Gasteiger partial charge in [0, 0.05) is 10.9 Å². The lowest BCUT2D eigenvalue weighted by Crippen LogP contribution is -2.49. The van der Waals surface area contributed by atoms with Gasteiger partial charge in [-0.3, -0.25) is 9.69 Å². The lowest BCUT2D eigenvalue weighted by atomic mass is 10.1. The van der Waals surface area contributed by atoms with Crippen molar-refractivity contribution in [2.24, 2.45) is 0 Å². The Morgan fingerprint density at radius 2 is 2.35 bits per heavy atom. The molecular weight excluding hydrogens is 316 g/mol. The van der Waals surface area contributed by atoms with Crippen LogP contribution in [0.5, 0.6) is 5.75 Å². The number of benzene rings is 1. The number of fused-ring (bicyclic) bond motifs is 1. The molecule has 2 aromatic rings. The zero-order chi connectivity index (χ0) is 16.4. The standard InChI is InChI=1S/C16H16N2O4S/c1-3-12(16(20)21-2)18-13-6-10(11-8-23-9-17-11)4-5-14(13)22-7-15(18)19/h4-6,8-9,12H,3,7H2,1-2H3. The summed E-state index contributed by atoms with van der Waals surface area (Å²) in [7, 11) is 1.32. The van der Waals surface area contributed by atoms with E-state index in [0.717, 1.165) is 11.3 Å². The summed E-state index contributed by atoms with van der Waals surface area (Å²) in [5.74, 6) is -0.121. The molecule has 3 rings (SSSR count). The number of hydrogen-bond donors (Lipinski definition) is 0. The summed E-state index contributed by atoms with van der Waals surface area (Å²) in [4.78, 5) is 30.1. The molecular formula is C16H16N2O4S. The van der Waals surface area contributed by atoms with Crippen LogP contribution in [0.4, 0.5) is 5.69 Å². The van der Waals surface area contributed by atoms with Gasteiger partial charge in [-0.05, 0) is 24.6 Å². The minimum atomic E-state index is -0.666. The van der Waals surface area contributed by atoms with E-state index < -0.39 is 12.0 Å². The maximum Gasteiger partial charge on any atom is 0.328 e. The summed E-state index contributed by atoms with van der Waals surface area (Å²) in [6, 6.07) is 4.85. The number of nitrogens with zero attached hydrogens (tertiary/aromatic N) is 2. The van der Waals surface area contributed by atoms with E-state index in [1.165, 1.54) is 23.3 Å². The highest BCUT2D eigenvalue weighted by Crippen LogP contribution is 2.37. The van der Waals surface area contributed by atoms with Crippen molar-refractivity contribution in [2.75, 3.05) is 18.6 Å². The number of esters is 1. The van der Waals surface area contributed by atoms with Crippen molar-refractivity contribution < 1.29 is 19.1 Å². The molecule has 1 aromatic carbocycles. The van der Waals surface area contributed by atoms with Crippen LogP contribution in [0.3, 0.4) is 0 Å². The Balaban J connectivity index is 2.07. The highest BCUT2D eigenvalue weighted by atomic mass is 32.1. The minimum absolute atomic E-state index is 0.0868. The maximum absolute atomic E-state index is 12.4. The van der Waals surface area contributed by atoms with E-state index in [1.807, 2.05) is 24.4 Å².